The maximum absolute atomic E-state index is 8.95. The van der Waals surface area contributed by atoms with Gasteiger partial charge in [0.25, 0.3) is 0 Å². The van der Waals surface area contributed by atoms with Gasteiger partial charge in [0.15, 0.2) is 5.82 Å². The molecule has 0 aliphatic heterocycles. The van der Waals surface area contributed by atoms with Crippen LogP contribution in [0.2, 0.25) is 0 Å². The summed E-state index contributed by atoms with van der Waals surface area (Å²) in [4.78, 5) is 5.96. The molecule has 2 aromatic heterocycles. The van der Waals surface area contributed by atoms with E-state index in [1.54, 1.807) is 11.3 Å². The number of fused-ring (bicyclic) bond motifs is 1. The van der Waals surface area contributed by atoms with Gasteiger partial charge in [-0.25, -0.2) is 4.98 Å². The summed E-state index contributed by atoms with van der Waals surface area (Å²) in [5, 5.41) is 11.0. The first-order valence-corrected chi connectivity index (χ1v) is 9.10. The second-order valence-electron chi connectivity index (χ2n) is 5.45. The van der Waals surface area contributed by atoms with Crippen LogP contribution < -0.4 is 0 Å². The molecule has 4 aromatic rings. The molecule has 116 valence electrons. The second kappa shape index (κ2) is 6.23. The van der Waals surface area contributed by atoms with E-state index in [0.29, 0.717) is 5.56 Å². The fourth-order valence-electron chi connectivity index (χ4n) is 2.72. The Morgan fingerprint density at radius 1 is 1.12 bits per heavy atom. The highest BCUT2D eigenvalue weighted by Gasteiger charge is 2.14. The lowest BCUT2D eigenvalue weighted by Gasteiger charge is -2.08. The Kier molecular flexibility index (Phi) is 3.93. The summed E-state index contributed by atoms with van der Waals surface area (Å²) < 4.78 is 3.30. The van der Waals surface area contributed by atoms with Crippen molar-refractivity contribution in [2.24, 2.45) is 0 Å². The van der Waals surface area contributed by atoms with Gasteiger partial charge in [-0.1, -0.05) is 24.3 Å². The Hall–Kier alpha value is -2.42. The van der Waals surface area contributed by atoms with Gasteiger partial charge in [0.2, 0.25) is 0 Å². The quantitative estimate of drug-likeness (QED) is 0.464. The van der Waals surface area contributed by atoms with Crippen LogP contribution in [0.25, 0.3) is 21.7 Å². The number of halogens is 1. The van der Waals surface area contributed by atoms with E-state index in [4.69, 9.17) is 10.2 Å². The topological polar surface area (TPSA) is 41.6 Å². The van der Waals surface area contributed by atoms with Crippen LogP contribution in [0.3, 0.4) is 0 Å². The van der Waals surface area contributed by atoms with Crippen molar-refractivity contribution in [3.63, 3.8) is 0 Å². The van der Waals surface area contributed by atoms with Gasteiger partial charge in [0.05, 0.1) is 27.5 Å². The van der Waals surface area contributed by atoms with E-state index in [0.717, 1.165) is 38.3 Å². The molecule has 0 spiro atoms. The summed E-state index contributed by atoms with van der Waals surface area (Å²) in [5.74, 6) is 0.969. The molecule has 5 heteroatoms. The van der Waals surface area contributed by atoms with Gasteiger partial charge in [0.1, 0.15) is 0 Å². The molecule has 0 saturated heterocycles. The summed E-state index contributed by atoms with van der Waals surface area (Å²) in [7, 11) is 0. The Labute approximate surface area is 151 Å². The van der Waals surface area contributed by atoms with Gasteiger partial charge in [0, 0.05) is 16.4 Å². The predicted molar refractivity (Wildman–Crippen MR) is 101 cm³/mol. The minimum atomic E-state index is 0.677. The van der Waals surface area contributed by atoms with Crippen LogP contribution in [-0.2, 0) is 6.54 Å². The van der Waals surface area contributed by atoms with Crippen LogP contribution in [-0.4, -0.2) is 9.55 Å². The van der Waals surface area contributed by atoms with Crippen molar-refractivity contribution < 1.29 is 0 Å². The second-order valence-corrected chi connectivity index (χ2v) is 7.28. The molecule has 0 atom stereocenters. The Morgan fingerprint density at radius 3 is 2.62 bits per heavy atom. The largest absolute Gasteiger partial charge is 0.319 e. The van der Waals surface area contributed by atoms with Crippen molar-refractivity contribution in [1.82, 2.24) is 9.55 Å². The molecular formula is C19H12BrN3S. The molecule has 0 saturated carbocycles. The zero-order valence-electron chi connectivity index (χ0n) is 12.6. The van der Waals surface area contributed by atoms with E-state index in [-0.39, 0.29) is 0 Å². The minimum absolute atomic E-state index is 0.677. The van der Waals surface area contributed by atoms with E-state index < -0.39 is 0 Å². The number of benzene rings is 2. The first-order valence-electron chi connectivity index (χ1n) is 7.43. The molecule has 0 radical (unpaired) electrons. The van der Waals surface area contributed by atoms with E-state index >= 15 is 0 Å². The van der Waals surface area contributed by atoms with Crippen molar-refractivity contribution in [2.45, 2.75) is 6.54 Å². The standard InChI is InChI=1S/C19H12BrN3S/c20-15-9-18(24-12-15)19-22-16-3-1-2-4-17(16)23(19)11-14-7-5-13(10-21)6-8-14/h1-9,12H,11H2. The molecular weight excluding hydrogens is 382 g/mol. The maximum atomic E-state index is 8.95. The van der Waals surface area contributed by atoms with E-state index in [9.17, 15) is 0 Å². The molecule has 2 heterocycles. The summed E-state index contributed by atoms with van der Waals surface area (Å²) in [6, 6.07) is 20.2. The van der Waals surface area contributed by atoms with Crippen molar-refractivity contribution in [2.75, 3.05) is 0 Å². The summed E-state index contributed by atoms with van der Waals surface area (Å²) in [5.41, 5.74) is 3.93. The molecule has 3 nitrogen and oxygen atoms in total. The lowest BCUT2D eigenvalue weighted by atomic mass is 10.1. The highest BCUT2D eigenvalue weighted by Crippen LogP contribution is 2.32. The Bertz CT molecular complexity index is 1050. The number of nitrogens with zero attached hydrogens (tertiary/aromatic N) is 3. The van der Waals surface area contributed by atoms with Crippen LogP contribution in [0.1, 0.15) is 11.1 Å². The fraction of sp³-hybridized carbons (Fsp3) is 0.0526. The molecule has 0 unspecified atom stereocenters. The maximum Gasteiger partial charge on any atom is 0.151 e. The number of hydrogen-bond donors (Lipinski definition) is 0. The van der Waals surface area contributed by atoms with Crippen molar-refractivity contribution in [3.8, 4) is 16.8 Å². The minimum Gasteiger partial charge on any atom is -0.319 e. The van der Waals surface area contributed by atoms with Crippen LogP contribution in [0.4, 0.5) is 0 Å². The first-order chi connectivity index (χ1) is 11.7. The Morgan fingerprint density at radius 2 is 1.92 bits per heavy atom. The number of para-hydroxylation sites is 2. The van der Waals surface area contributed by atoms with Gasteiger partial charge in [-0.05, 0) is 51.8 Å². The van der Waals surface area contributed by atoms with Gasteiger partial charge < -0.3 is 4.57 Å². The summed E-state index contributed by atoms with van der Waals surface area (Å²) >= 11 is 5.20. The average Bonchev–Trinajstić information content (AvgIpc) is 3.20. The average molecular weight is 394 g/mol. The third kappa shape index (κ3) is 2.75. The van der Waals surface area contributed by atoms with Crippen LogP contribution in [0, 0.1) is 11.3 Å². The van der Waals surface area contributed by atoms with Crippen molar-refractivity contribution in [3.05, 3.63) is 75.6 Å². The summed E-state index contributed by atoms with van der Waals surface area (Å²) in [6.45, 7) is 0.719. The molecule has 0 bridgehead atoms. The number of thiophene rings is 1. The lowest BCUT2D eigenvalue weighted by Crippen LogP contribution is -2.01. The molecule has 2 aromatic carbocycles. The van der Waals surface area contributed by atoms with Gasteiger partial charge >= 0.3 is 0 Å². The predicted octanol–water partition coefficient (Wildman–Crippen LogP) is 5.45. The fourth-order valence-corrected chi connectivity index (χ4v) is 4.15. The first kappa shape index (κ1) is 15.1. The van der Waals surface area contributed by atoms with Crippen molar-refractivity contribution >= 4 is 38.3 Å². The van der Waals surface area contributed by atoms with E-state index in [1.807, 2.05) is 42.5 Å². The molecule has 0 fully saturated rings. The van der Waals surface area contributed by atoms with E-state index in [1.165, 1.54) is 0 Å². The van der Waals surface area contributed by atoms with Gasteiger partial charge in [-0.15, -0.1) is 11.3 Å². The monoisotopic (exact) mass is 393 g/mol. The Balaban J connectivity index is 1.84. The molecule has 0 amide bonds. The highest BCUT2D eigenvalue weighted by molar-refractivity contribution is 9.10. The van der Waals surface area contributed by atoms with E-state index in [2.05, 4.69) is 44.1 Å². The summed E-state index contributed by atoms with van der Waals surface area (Å²) in [6.07, 6.45) is 0. The number of nitriles is 1. The normalized spacial score (nSPS) is 10.8. The lowest BCUT2D eigenvalue weighted by molar-refractivity contribution is 0.836. The number of hydrogen-bond acceptors (Lipinski definition) is 3. The van der Waals surface area contributed by atoms with Crippen molar-refractivity contribution in [1.29, 1.82) is 5.26 Å². The third-order valence-electron chi connectivity index (χ3n) is 3.87. The van der Waals surface area contributed by atoms with Crippen LogP contribution in [0.5, 0.6) is 0 Å². The molecule has 0 N–H and O–H groups in total. The highest BCUT2D eigenvalue weighted by atomic mass is 79.9. The third-order valence-corrected chi connectivity index (χ3v) is 5.55. The molecule has 4 rings (SSSR count). The zero-order valence-corrected chi connectivity index (χ0v) is 15.0. The smallest absolute Gasteiger partial charge is 0.151 e. The van der Waals surface area contributed by atoms with Crippen LogP contribution in [0.15, 0.2) is 64.5 Å². The zero-order chi connectivity index (χ0) is 16.5. The van der Waals surface area contributed by atoms with Crippen LogP contribution >= 0.6 is 27.3 Å². The van der Waals surface area contributed by atoms with Gasteiger partial charge in [-0.2, -0.15) is 5.26 Å². The number of imidazole rings is 1. The molecule has 0 aliphatic carbocycles. The number of rotatable bonds is 3. The SMILES string of the molecule is N#Cc1ccc(Cn2c(-c3cc(Br)cs3)nc3ccccc32)cc1. The molecule has 24 heavy (non-hydrogen) atoms. The van der Waals surface area contributed by atoms with Gasteiger partial charge in [-0.3, -0.25) is 0 Å². The number of aromatic nitrogens is 2. The molecule has 0 aliphatic rings.